The van der Waals surface area contributed by atoms with Crippen LogP contribution in [0.3, 0.4) is 0 Å². The molecule has 0 saturated carbocycles. The lowest BCUT2D eigenvalue weighted by atomic mass is 10.1. The fourth-order valence-corrected chi connectivity index (χ4v) is 2.45. The maximum atomic E-state index is 13.3. The average Bonchev–Trinajstić information content (AvgIpc) is 2.95. The molecular weight excluding hydrogens is 327 g/mol. The number of cyclic esters (lactones) is 1. The van der Waals surface area contributed by atoms with Gasteiger partial charge in [-0.25, -0.2) is 14.2 Å². The molecule has 0 saturated heterocycles. The van der Waals surface area contributed by atoms with E-state index in [4.69, 9.17) is 4.74 Å². The van der Waals surface area contributed by atoms with Crippen molar-refractivity contribution in [2.24, 2.45) is 4.99 Å². The first kappa shape index (κ1) is 16.5. The van der Waals surface area contributed by atoms with Crippen molar-refractivity contribution in [2.75, 3.05) is 0 Å². The summed E-state index contributed by atoms with van der Waals surface area (Å²) < 4.78 is 18.3. The van der Waals surface area contributed by atoms with Crippen LogP contribution in [0.15, 0.2) is 53.2 Å². The van der Waals surface area contributed by atoms with Gasteiger partial charge in [-0.3, -0.25) is 10.1 Å². The Morgan fingerprint density at radius 1 is 1.28 bits per heavy atom. The van der Waals surface area contributed by atoms with Gasteiger partial charge in [-0.15, -0.1) is 0 Å². The zero-order valence-electron chi connectivity index (χ0n) is 13.2. The van der Waals surface area contributed by atoms with Gasteiger partial charge in [0.25, 0.3) is 5.69 Å². The van der Waals surface area contributed by atoms with Crippen LogP contribution in [0.5, 0.6) is 0 Å². The Morgan fingerprint density at radius 2 is 2.08 bits per heavy atom. The van der Waals surface area contributed by atoms with Crippen LogP contribution >= 0.6 is 0 Å². The second-order valence-electron chi connectivity index (χ2n) is 5.35. The second kappa shape index (κ2) is 6.64. The summed E-state index contributed by atoms with van der Waals surface area (Å²) >= 11 is 0. The van der Waals surface area contributed by atoms with Crippen LogP contribution in [0.1, 0.15) is 23.6 Å². The van der Waals surface area contributed by atoms with Crippen LogP contribution in [0.4, 0.5) is 10.1 Å². The van der Waals surface area contributed by atoms with E-state index in [1.807, 2.05) is 6.92 Å². The molecule has 2 aromatic rings. The minimum Gasteiger partial charge on any atom is -0.402 e. The molecule has 126 valence electrons. The molecule has 2 aromatic carbocycles. The quantitative estimate of drug-likeness (QED) is 0.368. The van der Waals surface area contributed by atoms with E-state index in [2.05, 4.69) is 4.99 Å². The largest absolute Gasteiger partial charge is 0.402 e. The van der Waals surface area contributed by atoms with E-state index < -0.39 is 16.7 Å². The van der Waals surface area contributed by atoms with Crippen molar-refractivity contribution in [2.45, 2.75) is 13.3 Å². The molecule has 7 heteroatoms. The van der Waals surface area contributed by atoms with Gasteiger partial charge in [0.1, 0.15) is 5.82 Å². The maximum Gasteiger partial charge on any atom is 0.363 e. The summed E-state index contributed by atoms with van der Waals surface area (Å²) in [6.45, 7) is 1.82. The number of nitro groups is 1. The molecule has 0 amide bonds. The number of carbonyl (C=O) groups excluding carboxylic acids is 1. The Morgan fingerprint density at radius 3 is 2.76 bits per heavy atom. The molecule has 0 fully saturated rings. The smallest absolute Gasteiger partial charge is 0.363 e. The highest BCUT2D eigenvalue weighted by Gasteiger charge is 2.24. The number of esters is 1. The molecule has 0 N–H and O–H groups in total. The van der Waals surface area contributed by atoms with Gasteiger partial charge in [0, 0.05) is 17.2 Å². The van der Waals surface area contributed by atoms with Gasteiger partial charge in [0.2, 0.25) is 5.90 Å². The van der Waals surface area contributed by atoms with Crippen LogP contribution in [-0.2, 0) is 16.0 Å². The number of benzene rings is 2. The number of aryl methyl sites for hydroxylation is 1. The molecule has 1 aliphatic heterocycles. The van der Waals surface area contributed by atoms with Gasteiger partial charge in [-0.2, -0.15) is 0 Å². The second-order valence-corrected chi connectivity index (χ2v) is 5.35. The van der Waals surface area contributed by atoms with Crippen molar-refractivity contribution in [3.05, 3.63) is 80.8 Å². The van der Waals surface area contributed by atoms with Gasteiger partial charge in [-0.1, -0.05) is 25.1 Å². The summed E-state index contributed by atoms with van der Waals surface area (Å²) in [6.07, 6.45) is 1.93. The van der Waals surface area contributed by atoms with E-state index in [-0.39, 0.29) is 17.3 Å². The highest BCUT2D eigenvalue weighted by molar-refractivity contribution is 6.12. The molecule has 3 rings (SSSR count). The van der Waals surface area contributed by atoms with Gasteiger partial charge in [-0.05, 0) is 36.3 Å². The SMILES string of the molecule is CCc1ccc(/C=C2\N=C(c3cccc(F)c3)OC2=O)cc1[N+](=O)[O-]. The summed E-state index contributed by atoms with van der Waals surface area (Å²) in [7, 11) is 0. The first-order chi connectivity index (χ1) is 12.0. The third-order valence-electron chi connectivity index (χ3n) is 3.68. The molecule has 0 radical (unpaired) electrons. The van der Waals surface area contributed by atoms with E-state index in [1.54, 1.807) is 18.2 Å². The highest BCUT2D eigenvalue weighted by atomic mass is 19.1. The van der Waals surface area contributed by atoms with E-state index in [0.29, 0.717) is 23.1 Å². The molecule has 0 unspecified atom stereocenters. The zero-order chi connectivity index (χ0) is 18.0. The van der Waals surface area contributed by atoms with Gasteiger partial charge >= 0.3 is 5.97 Å². The average molecular weight is 340 g/mol. The number of hydrogen-bond donors (Lipinski definition) is 0. The Hall–Kier alpha value is -3.35. The number of nitrogens with zero attached hydrogens (tertiary/aromatic N) is 2. The van der Waals surface area contributed by atoms with Crippen molar-refractivity contribution < 1.29 is 18.8 Å². The van der Waals surface area contributed by atoms with Gasteiger partial charge in [0.15, 0.2) is 5.70 Å². The first-order valence-electron chi connectivity index (χ1n) is 7.53. The Labute approximate surface area is 142 Å². The number of aliphatic imine (C=N–C) groups is 1. The van der Waals surface area contributed by atoms with Crippen LogP contribution in [0, 0.1) is 15.9 Å². The number of hydrogen-bond acceptors (Lipinski definition) is 5. The Balaban J connectivity index is 1.97. The van der Waals surface area contributed by atoms with Crippen molar-refractivity contribution in [1.29, 1.82) is 0 Å². The molecule has 25 heavy (non-hydrogen) atoms. The van der Waals surface area contributed by atoms with E-state index in [0.717, 1.165) is 0 Å². The van der Waals surface area contributed by atoms with Crippen LogP contribution < -0.4 is 0 Å². The lowest BCUT2D eigenvalue weighted by Gasteiger charge is -2.01. The summed E-state index contributed by atoms with van der Waals surface area (Å²) in [6, 6.07) is 10.2. The lowest BCUT2D eigenvalue weighted by Crippen LogP contribution is -2.05. The monoisotopic (exact) mass is 340 g/mol. The Kier molecular flexibility index (Phi) is 4.38. The van der Waals surface area contributed by atoms with Crippen LogP contribution in [0.2, 0.25) is 0 Å². The summed E-state index contributed by atoms with van der Waals surface area (Å²) in [5.74, 6) is -1.17. The van der Waals surface area contributed by atoms with Crippen LogP contribution in [0.25, 0.3) is 6.08 Å². The topological polar surface area (TPSA) is 81.8 Å². The summed E-state index contributed by atoms with van der Waals surface area (Å²) in [5.41, 5.74) is 1.38. The van der Waals surface area contributed by atoms with E-state index in [1.165, 1.54) is 30.3 Å². The number of halogens is 1. The molecule has 0 aromatic heterocycles. The molecule has 1 heterocycles. The number of carbonyl (C=O) groups is 1. The highest BCUT2D eigenvalue weighted by Crippen LogP contribution is 2.24. The standard InChI is InChI=1S/C18H13FN2O4/c1-2-12-7-6-11(9-16(12)21(23)24)8-15-18(22)25-17(20-15)13-4-3-5-14(19)10-13/h3-10H,2H2,1H3/b15-8-. The molecule has 0 bridgehead atoms. The lowest BCUT2D eigenvalue weighted by molar-refractivity contribution is -0.385. The molecule has 0 spiro atoms. The van der Waals surface area contributed by atoms with Crippen LogP contribution in [-0.4, -0.2) is 16.8 Å². The third-order valence-corrected chi connectivity index (χ3v) is 3.68. The number of rotatable bonds is 4. The molecule has 0 atom stereocenters. The first-order valence-corrected chi connectivity index (χ1v) is 7.53. The number of ether oxygens (including phenoxy) is 1. The van der Waals surface area contributed by atoms with E-state index >= 15 is 0 Å². The fraction of sp³-hybridized carbons (Fsp3) is 0.111. The predicted molar refractivity (Wildman–Crippen MR) is 89.5 cm³/mol. The normalized spacial score (nSPS) is 15.2. The summed E-state index contributed by atoms with van der Waals surface area (Å²) in [5, 5.41) is 11.1. The molecule has 1 aliphatic rings. The van der Waals surface area contributed by atoms with Crippen molar-refractivity contribution >= 4 is 23.6 Å². The van der Waals surface area contributed by atoms with Crippen molar-refractivity contribution in [3.63, 3.8) is 0 Å². The van der Waals surface area contributed by atoms with Crippen molar-refractivity contribution in [1.82, 2.24) is 0 Å². The number of nitro benzene ring substituents is 1. The molecule has 6 nitrogen and oxygen atoms in total. The minimum atomic E-state index is -0.693. The Bertz CT molecular complexity index is 934. The molecule has 0 aliphatic carbocycles. The fourth-order valence-electron chi connectivity index (χ4n) is 2.45. The molecular formula is C18H13FN2O4. The van der Waals surface area contributed by atoms with Crippen molar-refractivity contribution in [3.8, 4) is 0 Å². The summed E-state index contributed by atoms with van der Waals surface area (Å²) in [4.78, 5) is 26.7. The predicted octanol–water partition coefficient (Wildman–Crippen LogP) is 3.64. The van der Waals surface area contributed by atoms with Gasteiger partial charge in [0.05, 0.1) is 4.92 Å². The minimum absolute atomic E-state index is 0.00203. The van der Waals surface area contributed by atoms with Gasteiger partial charge < -0.3 is 4.74 Å². The zero-order valence-corrected chi connectivity index (χ0v) is 13.2. The van der Waals surface area contributed by atoms with E-state index in [9.17, 15) is 19.3 Å². The maximum absolute atomic E-state index is 13.3. The third kappa shape index (κ3) is 3.45.